The van der Waals surface area contributed by atoms with Gasteiger partial charge in [0.15, 0.2) is 5.82 Å². The zero-order valence-corrected chi connectivity index (χ0v) is 10.0. The van der Waals surface area contributed by atoms with Gasteiger partial charge in [-0.15, -0.1) is 10.2 Å². The first-order valence-corrected chi connectivity index (χ1v) is 5.72. The maximum absolute atomic E-state index is 9.33. The fourth-order valence-corrected chi connectivity index (χ4v) is 1.80. The minimum absolute atomic E-state index is 0.00889. The van der Waals surface area contributed by atoms with Crippen molar-refractivity contribution < 1.29 is 5.11 Å². The third-order valence-electron chi connectivity index (χ3n) is 2.53. The molecule has 6 nitrogen and oxygen atoms in total. The molecule has 0 aliphatic heterocycles. The molecule has 0 aliphatic rings. The summed E-state index contributed by atoms with van der Waals surface area (Å²) in [6, 6.07) is -0.00889. The number of anilines is 1. The second-order valence-corrected chi connectivity index (χ2v) is 4.49. The average Bonchev–Trinajstić information content (AvgIpc) is 2.76. The highest BCUT2D eigenvalue weighted by atomic mass is 16.3. The first kappa shape index (κ1) is 11.8. The Hall–Kier alpha value is -1.69. The number of rotatable bonds is 5. The van der Waals surface area contributed by atoms with Crippen LogP contribution in [0.3, 0.4) is 0 Å². The van der Waals surface area contributed by atoms with E-state index >= 15 is 0 Å². The van der Waals surface area contributed by atoms with Gasteiger partial charge in [-0.2, -0.15) is 0 Å². The Kier molecular flexibility index (Phi) is 3.53. The van der Waals surface area contributed by atoms with Crippen molar-refractivity contribution >= 4 is 11.5 Å². The van der Waals surface area contributed by atoms with Crippen LogP contribution in [0.15, 0.2) is 18.7 Å². The van der Waals surface area contributed by atoms with E-state index in [4.69, 9.17) is 0 Å². The lowest BCUT2D eigenvalue weighted by atomic mass is 10.0. The van der Waals surface area contributed by atoms with Crippen LogP contribution in [0.25, 0.3) is 5.65 Å². The summed E-state index contributed by atoms with van der Waals surface area (Å²) in [6.07, 6.45) is 5.98. The van der Waals surface area contributed by atoms with E-state index in [0.29, 0.717) is 17.4 Å². The number of hydrogen-bond acceptors (Lipinski definition) is 5. The molecule has 2 aromatic heterocycles. The molecular formula is C11H17N5O. The van der Waals surface area contributed by atoms with Crippen molar-refractivity contribution in [1.82, 2.24) is 19.6 Å². The Morgan fingerprint density at radius 3 is 3.00 bits per heavy atom. The second-order valence-electron chi connectivity index (χ2n) is 4.49. The molecule has 6 heteroatoms. The molecule has 92 valence electrons. The summed E-state index contributed by atoms with van der Waals surface area (Å²) >= 11 is 0. The third kappa shape index (κ3) is 2.71. The Morgan fingerprint density at radius 1 is 1.47 bits per heavy atom. The monoisotopic (exact) mass is 235 g/mol. The number of hydrogen-bond donors (Lipinski definition) is 2. The molecule has 0 saturated heterocycles. The van der Waals surface area contributed by atoms with E-state index in [9.17, 15) is 5.11 Å². The van der Waals surface area contributed by atoms with Gasteiger partial charge in [-0.05, 0) is 12.3 Å². The van der Waals surface area contributed by atoms with Gasteiger partial charge in [0, 0.05) is 12.4 Å². The molecule has 2 rings (SSSR count). The largest absolute Gasteiger partial charge is 0.394 e. The topological polar surface area (TPSA) is 75.3 Å². The van der Waals surface area contributed by atoms with Gasteiger partial charge in [0.05, 0.1) is 12.6 Å². The number of nitrogens with one attached hydrogen (secondary N) is 1. The molecular weight excluding hydrogens is 218 g/mol. The summed E-state index contributed by atoms with van der Waals surface area (Å²) in [7, 11) is 0. The maximum atomic E-state index is 9.33. The predicted molar refractivity (Wildman–Crippen MR) is 64.7 cm³/mol. The van der Waals surface area contributed by atoms with Crippen LogP contribution in [0.5, 0.6) is 0 Å². The van der Waals surface area contributed by atoms with Gasteiger partial charge < -0.3 is 10.4 Å². The van der Waals surface area contributed by atoms with Crippen molar-refractivity contribution in [2.24, 2.45) is 5.92 Å². The Labute approximate surface area is 99.7 Å². The van der Waals surface area contributed by atoms with Gasteiger partial charge in [0.2, 0.25) is 5.65 Å². The maximum Gasteiger partial charge on any atom is 0.203 e. The molecule has 2 aromatic rings. The van der Waals surface area contributed by atoms with Crippen molar-refractivity contribution in [2.45, 2.75) is 26.3 Å². The van der Waals surface area contributed by atoms with Crippen molar-refractivity contribution in [3.05, 3.63) is 18.7 Å². The van der Waals surface area contributed by atoms with Crippen LogP contribution in [0.2, 0.25) is 0 Å². The zero-order chi connectivity index (χ0) is 12.3. The summed E-state index contributed by atoms with van der Waals surface area (Å²) < 4.78 is 1.79. The van der Waals surface area contributed by atoms with E-state index in [2.05, 4.69) is 34.3 Å². The highest BCUT2D eigenvalue weighted by Crippen LogP contribution is 2.14. The second kappa shape index (κ2) is 5.09. The van der Waals surface area contributed by atoms with Crippen LogP contribution in [0, 0.1) is 5.92 Å². The van der Waals surface area contributed by atoms with Gasteiger partial charge in [-0.1, -0.05) is 13.8 Å². The van der Waals surface area contributed by atoms with Gasteiger partial charge in [0.25, 0.3) is 0 Å². The lowest BCUT2D eigenvalue weighted by Crippen LogP contribution is -2.26. The van der Waals surface area contributed by atoms with Crippen LogP contribution < -0.4 is 5.32 Å². The molecule has 0 aromatic carbocycles. The van der Waals surface area contributed by atoms with Gasteiger partial charge in [0.1, 0.15) is 6.33 Å². The smallest absolute Gasteiger partial charge is 0.203 e. The lowest BCUT2D eigenvalue weighted by Gasteiger charge is -2.18. The van der Waals surface area contributed by atoms with E-state index in [1.165, 1.54) is 0 Å². The molecule has 2 heterocycles. The predicted octanol–water partition coefficient (Wildman–Crippen LogP) is 0.943. The van der Waals surface area contributed by atoms with E-state index in [1.54, 1.807) is 23.1 Å². The lowest BCUT2D eigenvalue weighted by molar-refractivity contribution is 0.259. The molecule has 1 unspecified atom stereocenters. The molecule has 1 atom stereocenters. The van der Waals surface area contributed by atoms with Crippen LogP contribution in [0.1, 0.15) is 20.3 Å². The molecule has 0 radical (unpaired) electrons. The van der Waals surface area contributed by atoms with Crippen molar-refractivity contribution in [3.63, 3.8) is 0 Å². The summed E-state index contributed by atoms with van der Waals surface area (Å²) in [4.78, 5) is 4.23. The fourth-order valence-electron chi connectivity index (χ4n) is 1.80. The SMILES string of the molecule is CC(C)CC(CO)Nc1nccn2cnnc12. The van der Waals surface area contributed by atoms with E-state index in [1.807, 2.05) is 0 Å². The first-order chi connectivity index (χ1) is 8.20. The number of nitrogens with zero attached hydrogens (tertiary/aromatic N) is 4. The zero-order valence-electron chi connectivity index (χ0n) is 10.0. The molecule has 0 saturated carbocycles. The molecule has 0 amide bonds. The minimum atomic E-state index is -0.00889. The van der Waals surface area contributed by atoms with Crippen LogP contribution in [-0.4, -0.2) is 37.3 Å². The van der Waals surface area contributed by atoms with E-state index < -0.39 is 0 Å². The highest BCUT2D eigenvalue weighted by Gasteiger charge is 2.13. The summed E-state index contributed by atoms with van der Waals surface area (Å²) in [5, 5.41) is 20.3. The fraction of sp³-hybridized carbons (Fsp3) is 0.545. The number of aromatic nitrogens is 4. The third-order valence-corrected chi connectivity index (χ3v) is 2.53. The molecule has 0 fully saturated rings. The van der Waals surface area contributed by atoms with Crippen LogP contribution in [-0.2, 0) is 0 Å². The summed E-state index contributed by atoms with van der Waals surface area (Å²) in [5.41, 5.74) is 0.676. The quantitative estimate of drug-likeness (QED) is 0.806. The standard InChI is InChI=1S/C11H17N5O/c1-8(2)5-9(6-17)14-10-11-15-13-7-16(11)4-3-12-10/h3-4,7-9,17H,5-6H2,1-2H3,(H,12,14). The Morgan fingerprint density at radius 2 is 2.29 bits per heavy atom. The van der Waals surface area contributed by atoms with E-state index in [0.717, 1.165) is 6.42 Å². The van der Waals surface area contributed by atoms with Crippen molar-refractivity contribution in [1.29, 1.82) is 0 Å². The van der Waals surface area contributed by atoms with Gasteiger partial charge in [-0.25, -0.2) is 4.98 Å². The molecule has 0 bridgehead atoms. The average molecular weight is 235 g/mol. The normalized spacial score (nSPS) is 13.2. The Balaban J connectivity index is 2.19. The highest BCUT2D eigenvalue weighted by molar-refractivity contribution is 5.61. The number of aliphatic hydroxyl groups is 1. The summed E-state index contributed by atoms with van der Waals surface area (Å²) in [5.74, 6) is 1.17. The molecule has 17 heavy (non-hydrogen) atoms. The van der Waals surface area contributed by atoms with Crippen LogP contribution in [0.4, 0.5) is 5.82 Å². The molecule has 0 spiro atoms. The van der Waals surface area contributed by atoms with E-state index in [-0.39, 0.29) is 12.6 Å². The Bertz CT molecular complexity index is 481. The van der Waals surface area contributed by atoms with Crippen molar-refractivity contribution in [2.75, 3.05) is 11.9 Å². The summed E-state index contributed by atoms with van der Waals surface area (Å²) in [6.45, 7) is 4.32. The number of aliphatic hydroxyl groups excluding tert-OH is 1. The first-order valence-electron chi connectivity index (χ1n) is 5.72. The number of fused-ring (bicyclic) bond motifs is 1. The molecule has 2 N–H and O–H groups in total. The molecule has 0 aliphatic carbocycles. The minimum Gasteiger partial charge on any atom is -0.394 e. The van der Waals surface area contributed by atoms with Crippen molar-refractivity contribution in [3.8, 4) is 0 Å². The van der Waals surface area contributed by atoms with Gasteiger partial charge in [-0.3, -0.25) is 4.40 Å². The van der Waals surface area contributed by atoms with Crippen LogP contribution >= 0.6 is 0 Å². The van der Waals surface area contributed by atoms with Gasteiger partial charge >= 0.3 is 0 Å².